The molecule has 0 spiro atoms. The molecule has 1 N–H and O–H groups in total. The van der Waals surface area contributed by atoms with Gasteiger partial charge in [-0.25, -0.2) is 13.8 Å². The van der Waals surface area contributed by atoms with Gasteiger partial charge in [0.05, 0.1) is 18.7 Å². The summed E-state index contributed by atoms with van der Waals surface area (Å²) in [7, 11) is 0. The Labute approximate surface area is 185 Å². The number of thiazole rings is 1. The highest BCUT2D eigenvalue weighted by Crippen LogP contribution is 2.32. The molecule has 2 atom stereocenters. The number of rotatable bonds is 3. The Morgan fingerprint density at radius 3 is 2.91 bits per heavy atom. The molecule has 1 fully saturated rings. The first-order chi connectivity index (χ1) is 15.3. The van der Waals surface area contributed by atoms with Gasteiger partial charge in [0, 0.05) is 35.8 Å². The second-order valence-electron chi connectivity index (χ2n) is 7.94. The molecule has 2 aliphatic heterocycles. The number of benzene rings is 1. The molecule has 0 aliphatic carbocycles. The third-order valence-corrected chi connectivity index (χ3v) is 6.87. The summed E-state index contributed by atoms with van der Waals surface area (Å²) < 4.78 is 34.4. The van der Waals surface area contributed by atoms with Gasteiger partial charge in [0.25, 0.3) is 5.91 Å². The molecule has 7 nitrogen and oxygen atoms in total. The maximum atomic E-state index is 14.0. The molecule has 0 saturated carbocycles. The summed E-state index contributed by atoms with van der Waals surface area (Å²) in [5.74, 6) is -2.37. The Morgan fingerprint density at radius 2 is 2.12 bits per heavy atom. The van der Waals surface area contributed by atoms with Crippen molar-refractivity contribution in [2.24, 2.45) is 0 Å². The maximum absolute atomic E-state index is 14.0. The molecule has 2 aromatic heterocycles. The molecule has 10 heteroatoms. The number of hydrogen-bond acceptors (Lipinski definition) is 6. The highest BCUT2D eigenvalue weighted by molar-refractivity contribution is 7.15. The van der Waals surface area contributed by atoms with Crippen molar-refractivity contribution in [3.63, 3.8) is 0 Å². The topological polar surface area (TPSA) is 84.7 Å². The predicted octanol–water partition coefficient (Wildman–Crippen LogP) is 3.14. The normalized spacial score (nSPS) is 20.2. The smallest absolute Gasteiger partial charge is 0.276 e. The first-order valence-corrected chi connectivity index (χ1v) is 10.9. The number of nitrogens with zero attached hydrogens (tertiary/aromatic N) is 3. The second kappa shape index (κ2) is 7.79. The van der Waals surface area contributed by atoms with Crippen LogP contribution in [0.15, 0.2) is 35.4 Å². The van der Waals surface area contributed by atoms with Gasteiger partial charge in [0.15, 0.2) is 17.7 Å². The predicted molar refractivity (Wildman–Crippen MR) is 113 cm³/mol. The summed E-state index contributed by atoms with van der Waals surface area (Å²) in [6.07, 6.45) is 3.42. The van der Waals surface area contributed by atoms with Crippen molar-refractivity contribution in [1.82, 2.24) is 14.5 Å². The maximum Gasteiger partial charge on any atom is 0.276 e. The molecule has 1 aromatic carbocycles. The van der Waals surface area contributed by atoms with Gasteiger partial charge in [-0.05, 0) is 25.0 Å². The van der Waals surface area contributed by atoms with Gasteiger partial charge < -0.3 is 19.3 Å². The Bertz CT molecular complexity index is 1290. The Hall–Kier alpha value is -3.11. The lowest BCUT2D eigenvalue weighted by atomic mass is 10.1. The average molecular weight is 459 g/mol. The molecule has 32 heavy (non-hydrogen) atoms. The van der Waals surface area contributed by atoms with Crippen LogP contribution < -0.4 is 5.43 Å². The number of ether oxygens (including phenoxy) is 1. The minimum Gasteiger partial charge on any atom is -0.503 e. The van der Waals surface area contributed by atoms with E-state index in [2.05, 4.69) is 4.98 Å². The fourth-order valence-electron chi connectivity index (χ4n) is 4.18. The minimum atomic E-state index is -0.692. The molecule has 1 unspecified atom stereocenters. The lowest BCUT2D eigenvalue weighted by molar-refractivity contribution is -0.112. The van der Waals surface area contributed by atoms with E-state index in [9.17, 15) is 23.5 Å². The van der Waals surface area contributed by atoms with E-state index in [0.29, 0.717) is 28.5 Å². The van der Waals surface area contributed by atoms with Crippen LogP contribution in [0.2, 0.25) is 0 Å². The summed E-state index contributed by atoms with van der Waals surface area (Å²) in [6.45, 7) is 2.72. The summed E-state index contributed by atoms with van der Waals surface area (Å²) in [6, 6.07) is 3.31. The van der Waals surface area contributed by atoms with Crippen molar-refractivity contribution >= 4 is 17.2 Å². The van der Waals surface area contributed by atoms with Gasteiger partial charge in [0.2, 0.25) is 5.43 Å². The van der Waals surface area contributed by atoms with E-state index in [0.717, 1.165) is 6.07 Å². The number of fused-ring (bicyclic) bond motifs is 2. The van der Waals surface area contributed by atoms with Crippen molar-refractivity contribution in [2.75, 3.05) is 6.61 Å². The van der Waals surface area contributed by atoms with E-state index < -0.39 is 34.9 Å². The van der Waals surface area contributed by atoms with Crippen LogP contribution in [0.3, 0.4) is 0 Å². The first-order valence-electron chi connectivity index (χ1n) is 10.1. The van der Waals surface area contributed by atoms with Crippen LogP contribution in [0.5, 0.6) is 5.75 Å². The average Bonchev–Trinajstić information content (AvgIpc) is 3.21. The molecule has 0 radical (unpaired) electrons. The van der Waals surface area contributed by atoms with Crippen LogP contribution in [0, 0.1) is 11.6 Å². The fraction of sp³-hybridized carbons (Fsp3) is 0.318. The van der Waals surface area contributed by atoms with Crippen LogP contribution in [0.4, 0.5) is 8.78 Å². The quantitative estimate of drug-likeness (QED) is 0.651. The van der Waals surface area contributed by atoms with Crippen molar-refractivity contribution < 1.29 is 23.4 Å². The lowest BCUT2D eigenvalue weighted by Gasteiger charge is -2.44. The van der Waals surface area contributed by atoms with Crippen LogP contribution in [0.1, 0.15) is 34.3 Å². The third kappa shape index (κ3) is 3.39. The second-order valence-corrected chi connectivity index (χ2v) is 9.06. The van der Waals surface area contributed by atoms with Gasteiger partial charge in [0.1, 0.15) is 16.6 Å². The third-order valence-electron chi connectivity index (χ3n) is 5.84. The van der Waals surface area contributed by atoms with Gasteiger partial charge in [-0.1, -0.05) is 6.07 Å². The van der Waals surface area contributed by atoms with E-state index in [1.54, 1.807) is 4.90 Å². The zero-order chi connectivity index (χ0) is 22.6. The zero-order valence-corrected chi connectivity index (χ0v) is 17.9. The monoisotopic (exact) mass is 459 g/mol. The van der Waals surface area contributed by atoms with Crippen molar-refractivity contribution in [3.8, 4) is 16.3 Å². The molecule has 166 valence electrons. The van der Waals surface area contributed by atoms with E-state index in [-0.39, 0.29) is 30.3 Å². The number of aromatic hydroxyl groups is 1. The largest absolute Gasteiger partial charge is 0.503 e. The standard InChI is InChI=1S/C22H19F2N3O4S/c1-11-4-5-31-17-10-26-9-15(19(28)20(29)18(26)22(30)27(11)17)21-25-8-14(32-21)6-12-2-3-13(23)7-16(12)24/h2-3,7-9,11,17,29H,4-6,10H2,1H3/t11-,17?/m1/s1. The van der Waals surface area contributed by atoms with E-state index in [1.807, 2.05) is 6.92 Å². The number of aromatic nitrogens is 2. The molecule has 2 aliphatic rings. The molecule has 1 saturated heterocycles. The number of halogens is 2. The van der Waals surface area contributed by atoms with Crippen LogP contribution >= 0.6 is 11.3 Å². The SMILES string of the molecule is C[C@@H]1CCOC2Cn3cc(-c4ncc(Cc5ccc(F)cc5F)s4)c(=O)c(O)c3C(=O)N21. The summed E-state index contributed by atoms with van der Waals surface area (Å²) in [5.41, 5.74) is -0.298. The van der Waals surface area contributed by atoms with Gasteiger partial charge in [-0.2, -0.15) is 0 Å². The number of pyridine rings is 1. The summed E-state index contributed by atoms with van der Waals surface area (Å²) in [4.78, 5) is 32.4. The Balaban J connectivity index is 1.50. The Kier molecular flexibility index (Phi) is 5.06. The van der Waals surface area contributed by atoms with Gasteiger partial charge in [-0.3, -0.25) is 9.59 Å². The van der Waals surface area contributed by atoms with Crippen molar-refractivity contribution in [2.45, 2.75) is 38.6 Å². The zero-order valence-electron chi connectivity index (χ0n) is 17.0. The Morgan fingerprint density at radius 1 is 1.31 bits per heavy atom. The van der Waals surface area contributed by atoms with Crippen LogP contribution in [0.25, 0.3) is 10.6 Å². The van der Waals surface area contributed by atoms with E-state index in [4.69, 9.17) is 4.74 Å². The van der Waals surface area contributed by atoms with E-state index in [1.165, 1.54) is 40.4 Å². The number of carbonyl (C=O) groups excluding carboxylic acids is 1. The molecule has 1 amide bonds. The minimum absolute atomic E-state index is 0.0578. The highest BCUT2D eigenvalue weighted by atomic mass is 32.1. The molecule has 0 bridgehead atoms. The lowest BCUT2D eigenvalue weighted by Crippen LogP contribution is -2.56. The molecule has 4 heterocycles. The number of amides is 1. The van der Waals surface area contributed by atoms with Gasteiger partial charge >= 0.3 is 0 Å². The van der Waals surface area contributed by atoms with Crippen LogP contribution in [-0.4, -0.2) is 44.3 Å². The first kappa shape index (κ1) is 20.8. The summed E-state index contributed by atoms with van der Waals surface area (Å²) >= 11 is 1.17. The molecular weight excluding hydrogens is 440 g/mol. The van der Waals surface area contributed by atoms with Gasteiger partial charge in [-0.15, -0.1) is 11.3 Å². The van der Waals surface area contributed by atoms with Crippen molar-refractivity contribution in [3.05, 3.63) is 68.6 Å². The molecule has 3 aromatic rings. The molecule has 5 rings (SSSR count). The van der Waals surface area contributed by atoms with Crippen molar-refractivity contribution in [1.29, 1.82) is 0 Å². The molecular formula is C22H19F2N3O4S. The number of hydrogen-bond donors (Lipinski definition) is 1. The highest BCUT2D eigenvalue weighted by Gasteiger charge is 2.40. The fourth-order valence-corrected chi connectivity index (χ4v) is 5.12. The van der Waals surface area contributed by atoms with Crippen LogP contribution in [-0.2, 0) is 17.7 Å². The number of carbonyl (C=O) groups is 1. The van der Waals surface area contributed by atoms with E-state index >= 15 is 0 Å². The summed E-state index contributed by atoms with van der Waals surface area (Å²) in [5, 5.41) is 10.9.